The fraction of sp³-hybridized carbons (Fsp3) is 0.240. The second kappa shape index (κ2) is 8.45. The number of alkyl halides is 3. The number of nitrogens with zero attached hydrogens (tertiary/aromatic N) is 5. The molecule has 1 aliphatic heterocycles. The lowest BCUT2D eigenvalue weighted by atomic mass is 10.0. The van der Waals surface area contributed by atoms with Crippen molar-refractivity contribution in [1.82, 2.24) is 24.7 Å². The van der Waals surface area contributed by atoms with Crippen LogP contribution in [0.25, 0.3) is 37.4 Å². The number of pyridine rings is 3. The van der Waals surface area contributed by atoms with Crippen molar-refractivity contribution in [2.45, 2.75) is 25.4 Å². The van der Waals surface area contributed by atoms with E-state index in [4.69, 9.17) is 4.74 Å². The van der Waals surface area contributed by atoms with Gasteiger partial charge in [0.1, 0.15) is 11.2 Å². The molecule has 5 aromatic rings. The molecule has 182 valence electrons. The van der Waals surface area contributed by atoms with Crippen molar-refractivity contribution in [1.29, 1.82) is 0 Å². The minimum Gasteiger partial charge on any atom is -0.381 e. The molecule has 0 bridgehead atoms. The summed E-state index contributed by atoms with van der Waals surface area (Å²) in [4.78, 5) is 26.5. The topological polar surface area (TPSA) is 82.8 Å². The van der Waals surface area contributed by atoms with E-state index in [9.17, 15) is 18.0 Å². The van der Waals surface area contributed by atoms with E-state index >= 15 is 0 Å². The molecule has 1 fully saturated rings. The van der Waals surface area contributed by atoms with Gasteiger partial charge in [0.25, 0.3) is 0 Å². The van der Waals surface area contributed by atoms with Crippen LogP contribution in [0.1, 0.15) is 29.3 Å². The minimum atomic E-state index is -4.56. The Morgan fingerprint density at radius 1 is 1.08 bits per heavy atom. The number of aryl methyl sites for hydroxylation is 1. The van der Waals surface area contributed by atoms with Gasteiger partial charge in [0.05, 0.1) is 28.9 Å². The zero-order valence-electron chi connectivity index (χ0n) is 18.9. The number of thiophene rings is 1. The van der Waals surface area contributed by atoms with Crippen molar-refractivity contribution in [3.8, 4) is 16.3 Å². The molecule has 0 radical (unpaired) electrons. The van der Waals surface area contributed by atoms with Gasteiger partial charge in [-0.1, -0.05) is 0 Å². The molecule has 1 atom stereocenters. The van der Waals surface area contributed by atoms with Crippen LogP contribution in [0, 0.1) is 6.92 Å². The summed E-state index contributed by atoms with van der Waals surface area (Å²) in [5.74, 6) is 0.246. The second-order valence-electron chi connectivity index (χ2n) is 8.69. The molecule has 0 unspecified atom stereocenters. The van der Waals surface area contributed by atoms with Gasteiger partial charge in [0, 0.05) is 40.7 Å². The maximum atomic E-state index is 13.4. The molecular formula is C25H18F3N5O2S. The van der Waals surface area contributed by atoms with Crippen molar-refractivity contribution in [2.24, 2.45) is 0 Å². The number of halogens is 3. The van der Waals surface area contributed by atoms with Crippen molar-refractivity contribution >= 4 is 32.5 Å². The van der Waals surface area contributed by atoms with E-state index in [0.29, 0.717) is 23.6 Å². The molecule has 0 spiro atoms. The van der Waals surface area contributed by atoms with Crippen molar-refractivity contribution in [3.05, 3.63) is 76.1 Å². The minimum absolute atomic E-state index is 0.158. The highest BCUT2D eigenvalue weighted by Gasteiger charge is 2.32. The molecule has 7 nitrogen and oxygen atoms in total. The third kappa shape index (κ3) is 3.94. The van der Waals surface area contributed by atoms with E-state index in [1.54, 1.807) is 18.5 Å². The summed E-state index contributed by atoms with van der Waals surface area (Å²) in [7, 11) is 0. The smallest absolute Gasteiger partial charge is 0.381 e. The van der Waals surface area contributed by atoms with Crippen molar-refractivity contribution in [3.63, 3.8) is 0 Å². The highest BCUT2D eigenvalue weighted by atomic mass is 32.1. The molecule has 6 heterocycles. The average Bonchev–Trinajstić information content (AvgIpc) is 3.53. The summed E-state index contributed by atoms with van der Waals surface area (Å²) in [6.07, 6.45) is 0.809. The molecule has 1 saturated heterocycles. The molecule has 11 heteroatoms. The molecule has 6 rings (SSSR count). The van der Waals surface area contributed by atoms with Gasteiger partial charge in [0.15, 0.2) is 5.69 Å². The van der Waals surface area contributed by atoms with Crippen molar-refractivity contribution < 1.29 is 17.9 Å². The van der Waals surface area contributed by atoms with Gasteiger partial charge >= 0.3 is 6.18 Å². The van der Waals surface area contributed by atoms with E-state index in [1.165, 1.54) is 22.1 Å². The summed E-state index contributed by atoms with van der Waals surface area (Å²) in [6, 6.07) is 7.76. The lowest BCUT2D eigenvalue weighted by molar-refractivity contribution is -0.141. The van der Waals surface area contributed by atoms with Crippen LogP contribution in [0.4, 0.5) is 13.2 Å². The monoisotopic (exact) mass is 509 g/mol. The number of fused-ring (bicyclic) bond motifs is 2. The molecule has 0 N–H and O–H groups in total. The standard InChI is InChI=1S/C25H18F3N5O2S/c1-13-6-18-22(31-9-13)24(34)23(32-33(18)16-2-3-21(30-11-16)25(26,27)28)20-7-15-10-29-17(8-19(15)36-20)14-4-5-35-12-14/h2-3,6-11,14H,4-5,12H2,1H3/t14-/m0/s1. The number of aromatic nitrogens is 5. The second-order valence-corrected chi connectivity index (χ2v) is 9.77. The van der Waals surface area contributed by atoms with E-state index < -0.39 is 11.9 Å². The zero-order chi connectivity index (χ0) is 25.0. The van der Waals surface area contributed by atoms with Crippen LogP contribution in [0.2, 0.25) is 0 Å². The fourth-order valence-electron chi connectivity index (χ4n) is 4.29. The first-order valence-electron chi connectivity index (χ1n) is 11.2. The molecule has 5 aromatic heterocycles. The number of ether oxygens (including phenoxy) is 1. The largest absolute Gasteiger partial charge is 0.433 e. The normalized spacial score (nSPS) is 16.3. The third-order valence-corrected chi connectivity index (χ3v) is 7.25. The van der Waals surface area contributed by atoms with Gasteiger partial charge in [-0.15, -0.1) is 11.3 Å². The Kier molecular flexibility index (Phi) is 5.34. The molecule has 1 aliphatic rings. The summed E-state index contributed by atoms with van der Waals surface area (Å²) in [5.41, 5.74) is 1.36. The van der Waals surface area contributed by atoms with Crippen LogP contribution in [0.3, 0.4) is 0 Å². The maximum absolute atomic E-state index is 13.4. The Balaban J connectivity index is 1.52. The summed E-state index contributed by atoms with van der Waals surface area (Å²) < 4.78 is 47.0. The van der Waals surface area contributed by atoms with Crippen LogP contribution in [0.5, 0.6) is 0 Å². The van der Waals surface area contributed by atoms with E-state index in [2.05, 4.69) is 20.1 Å². The number of hydrogen-bond acceptors (Lipinski definition) is 7. The van der Waals surface area contributed by atoms with Gasteiger partial charge in [-0.3, -0.25) is 14.8 Å². The maximum Gasteiger partial charge on any atom is 0.433 e. The predicted octanol–water partition coefficient (Wildman–Crippen LogP) is 5.28. The van der Waals surface area contributed by atoms with Crippen LogP contribution in [-0.4, -0.2) is 37.9 Å². The SMILES string of the molecule is Cc1cnc2c(=O)c(-c3cc4cnc([C@H]5CCOC5)cc4s3)nn(-c3ccc(C(F)(F)F)nc3)c2c1. The predicted molar refractivity (Wildman–Crippen MR) is 129 cm³/mol. The molecule has 0 aliphatic carbocycles. The number of hydrogen-bond donors (Lipinski definition) is 0. The molecular weight excluding hydrogens is 491 g/mol. The van der Waals surface area contributed by atoms with Gasteiger partial charge < -0.3 is 4.74 Å². The van der Waals surface area contributed by atoms with Crippen molar-refractivity contribution in [2.75, 3.05) is 13.2 Å². The van der Waals surface area contributed by atoms with E-state index in [1.807, 2.05) is 19.1 Å². The number of rotatable bonds is 3. The van der Waals surface area contributed by atoms with E-state index in [0.717, 1.165) is 40.0 Å². The van der Waals surface area contributed by atoms with Gasteiger partial charge in [0.2, 0.25) is 5.43 Å². The van der Waals surface area contributed by atoms with Gasteiger partial charge in [-0.25, -0.2) is 9.67 Å². The summed E-state index contributed by atoms with van der Waals surface area (Å²) in [5, 5.41) is 5.46. The molecule has 0 amide bonds. The van der Waals surface area contributed by atoms with Crippen LogP contribution < -0.4 is 5.43 Å². The van der Waals surface area contributed by atoms with E-state index in [-0.39, 0.29) is 28.2 Å². The van der Waals surface area contributed by atoms with Gasteiger partial charge in [-0.05, 0) is 49.2 Å². The summed E-state index contributed by atoms with van der Waals surface area (Å²) >= 11 is 1.41. The fourth-order valence-corrected chi connectivity index (χ4v) is 5.36. The molecule has 0 saturated carbocycles. The average molecular weight is 510 g/mol. The first-order valence-corrected chi connectivity index (χ1v) is 12.0. The molecule has 36 heavy (non-hydrogen) atoms. The first-order chi connectivity index (χ1) is 17.3. The lowest BCUT2D eigenvalue weighted by Crippen LogP contribution is -2.17. The highest BCUT2D eigenvalue weighted by Crippen LogP contribution is 2.34. The van der Waals surface area contributed by atoms with Crippen LogP contribution in [0.15, 0.2) is 53.7 Å². The Labute approximate surface area is 206 Å². The third-order valence-electron chi connectivity index (χ3n) is 6.15. The highest BCUT2D eigenvalue weighted by molar-refractivity contribution is 7.22. The Morgan fingerprint density at radius 3 is 2.67 bits per heavy atom. The molecule has 0 aromatic carbocycles. The van der Waals surface area contributed by atoms with Crippen LogP contribution in [-0.2, 0) is 10.9 Å². The quantitative estimate of drug-likeness (QED) is 0.329. The Bertz CT molecular complexity index is 1670. The zero-order valence-corrected chi connectivity index (χ0v) is 19.7. The first kappa shape index (κ1) is 22.7. The Morgan fingerprint density at radius 2 is 1.94 bits per heavy atom. The lowest BCUT2D eigenvalue weighted by Gasteiger charge is -2.12. The van der Waals surface area contributed by atoms with Crippen LogP contribution >= 0.6 is 11.3 Å². The van der Waals surface area contributed by atoms with Gasteiger partial charge in [-0.2, -0.15) is 18.3 Å². The summed E-state index contributed by atoms with van der Waals surface area (Å²) in [6.45, 7) is 3.16. The Hall–Kier alpha value is -3.70.